The summed E-state index contributed by atoms with van der Waals surface area (Å²) in [5.41, 5.74) is 0.540. The number of likely N-dealkylation sites (tertiary alicyclic amines) is 1. The Morgan fingerprint density at radius 2 is 2.19 bits per heavy atom. The lowest BCUT2D eigenvalue weighted by atomic mass is 9.65. The van der Waals surface area contributed by atoms with Gasteiger partial charge in [-0.2, -0.15) is 0 Å². The quantitative estimate of drug-likeness (QED) is 0.774. The third-order valence-corrected chi connectivity index (χ3v) is 5.43. The summed E-state index contributed by atoms with van der Waals surface area (Å²) < 4.78 is 0. The molecule has 3 unspecified atom stereocenters. The molecule has 0 aliphatic carbocycles. The van der Waals surface area contributed by atoms with Crippen LogP contribution < -0.4 is 5.32 Å². The summed E-state index contributed by atoms with van der Waals surface area (Å²) in [5.74, 6) is 1.71. The summed E-state index contributed by atoms with van der Waals surface area (Å²) in [4.78, 5) is 2.68. The minimum Gasteiger partial charge on any atom is -0.315 e. The lowest BCUT2D eigenvalue weighted by Crippen LogP contribution is -2.43. The van der Waals surface area contributed by atoms with E-state index in [9.17, 15) is 0 Å². The number of likely N-dealkylation sites (N-methyl/N-ethyl adjacent to an activating group) is 1. The van der Waals surface area contributed by atoms with Crippen LogP contribution in [0, 0.1) is 17.3 Å². The van der Waals surface area contributed by atoms with Gasteiger partial charge < -0.3 is 5.32 Å². The summed E-state index contributed by atoms with van der Waals surface area (Å²) in [5, 5.41) is 3.65. The van der Waals surface area contributed by atoms with E-state index in [-0.39, 0.29) is 0 Å². The highest BCUT2D eigenvalue weighted by Gasteiger charge is 2.47. The molecular formula is C14H28N2. The smallest absolute Gasteiger partial charge is 0.0254 e. The van der Waals surface area contributed by atoms with E-state index in [1.807, 2.05) is 0 Å². The predicted octanol–water partition coefficient (Wildman–Crippen LogP) is 2.35. The van der Waals surface area contributed by atoms with E-state index in [0.29, 0.717) is 5.41 Å². The minimum absolute atomic E-state index is 0.540. The van der Waals surface area contributed by atoms with Crippen LogP contribution in [0.4, 0.5) is 0 Å². The van der Waals surface area contributed by atoms with Crippen LogP contribution in [0.15, 0.2) is 0 Å². The van der Waals surface area contributed by atoms with Crippen LogP contribution >= 0.6 is 0 Å². The second kappa shape index (κ2) is 4.66. The van der Waals surface area contributed by atoms with E-state index in [2.05, 4.69) is 37.9 Å². The first-order chi connectivity index (χ1) is 7.59. The molecule has 0 saturated carbocycles. The molecule has 0 aromatic rings. The highest BCUT2D eigenvalue weighted by molar-refractivity contribution is 5.00. The molecule has 0 spiro atoms. The van der Waals surface area contributed by atoms with Gasteiger partial charge in [-0.05, 0) is 49.7 Å². The number of rotatable bonds is 2. The van der Waals surface area contributed by atoms with Gasteiger partial charge in [0.15, 0.2) is 0 Å². The maximum Gasteiger partial charge on any atom is 0.0254 e. The van der Waals surface area contributed by atoms with Crippen molar-refractivity contribution in [2.75, 3.05) is 26.2 Å². The molecule has 3 atom stereocenters. The molecule has 2 rings (SSSR count). The molecule has 2 heteroatoms. The van der Waals surface area contributed by atoms with E-state index in [0.717, 1.165) is 17.9 Å². The Hall–Kier alpha value is -0.0800. The molecule has 0 aromatic heterocycles. The summed E-state index contributed by atoms with van der Waals surface area (Å²) in [7, 11) is 0. The fourth-order valence-electron chi connectivity index (χ4n) is 3.86. The molecule has 2 nitrogen and oxygen atoms in total. The van der Waals surface area contributed by atoms with Crippen LogP contribution in [0.5, 0.6) is 0 Å². The predicted molar refractivity (Wildman–Crippen MR) is 69.6 cm³/mol. The largest absolute Gasteiger partial charge is 0.315 e. The van der Waals surface area contributed by atoms with E-state index in [1.165, 1.54) is 39.0 Å². The average Bonchev–Trinajstić information content (AvgIpc) is 2.59. The Balaban J connectivity index is 2.21. The zero-order chi connectivity index (χ0) is 11.8. The summed E-state index contributed by atoms with van der Waals surface area (Å²) in [6, 6.07) is 0.792. The monoisotopic (exact) mass is 224 g/mol. The van der Waals surface area contributed by atoms with Crippen LogP contribution in [0.3, 0.4) is 0 Å². The maximum atomic E-state index is 3.65. The number of hydrogen-bond acceptors (Lipinski definition) is 2. The molecule has 0 aromatic carbocycles. The van der Waals surface area contributed by atoms with Gasteiger partial charge in [-0.3, -0.25) is 4.90 Å². The minimum atomic E-state index is 0.540. The molecule has 2 aliphatic rings. The van der Waals surface area contributed by atoms with Crippen molar-refractivity contribution in [2.45, 2.75) is 46.6 Å². The van der Waals surface area contributed by atoms with Crippen molar-refractivity contribution in [2.24, 2.45) is 17.3 Å². The van der Waals surface area contributed by atoms with Crippen LogP contribution in [0.1, 0.15) is 40.5 Å². The molecule has 2 aliphatic heterocycles. The van der Waals surface area contributed by atoms with Gasteiger partial charge in [0.2, 0.25) is 0 Å². The topological polar surface area (TPSA) is 15.3 Å². The van der Waals surface area contributed by atoms with Crippen molar-refractivity contribution in [1.29, 1.82) is 0 Å². The van der Waals surface area contributed by atoms with Crippen LogP contribution in [0.2, 0.25) is 0 Å². The Morgan fingerprint density at radius 3 is 2.81 bits per heavy atom. The standard InChI is InChI=1S/C14H28N2/c1-5-16-9-6-12-13(16)10-15-8-7-14(12,4)11(2)3/h11-13,15H,5-10H2,1-4H3. The lowest BCUT2D eigenvalue weighted by Gasteiger charge is -2.41. The second-order valence-electron chi connectivity index (χ2n) is 6.21. The first kappa shape index (κ1) is 12.4. The normalized spacial score (nSPS) is 41.1. The SMILES string of the molecule is CCN1CCC2C1CNCCC2(C)C(C)C. The van der Waals surface area contributed by atoms with Gasteiger partial charge in [0, 0.05) is 12.6 Å². The molecule has 2 saturated heterocycles. The first-order valence-electron chi connectivity index (χ1n) is 7.04. The summed E-state index contributed by atoms with van der Waals surface area (Å²) in [6.07, 6.45) is 2.76. The Kier molecular flexibility index (Phi) is 3.60. The van der Waals surface area contributed by atoms with Crippen LogP contribution in [-0.4, -0.2) is 37.1 Å². The molecule has 0 radical (unpaired) electrons. The highest BCUT2D eigenvalue weighted by atomic mass is 15.2. The Labute approximate surface area is 101 Å². The Bertz CT molecular complexity index is 239. The zero-order valence-corrected chi connectivity index (χ0v) is 11.4. The third-order valence-electron chi connectivity index (χ3n) is 5.43. The number of nitrogens with one attached hydrogen (secondary N) is 1. The molecule has 1 N–H and O–H groups in total. The fraction of sp³-hybridized carbons (Fsp3) is 1.00. The van der Waals surface area contributed by atoms with Crippen LogP contribution in [-0.2, 0) is 0 Å². The van der Waals surface area contributed by atoms with Gasteiger partial charge in [-0.25, -0.2) is 0 Å². The fourth-order valence-corrected chi connectivity index (χ4v) is 3.86. The van der Waals surface area contributed by atoms with Gasteiger partial charge >= 0.3 is 0 Å². The van der Waals surface area contributed by atoms with E-state index in [4.69, 9.17) is 0 Å². The third kappa shape index (κ3) is 1.91. The van der Waals surface area contributed by atoms with Gasteiger partial charge in [0.25, 0.3) is 0 Å². The average molecular weight is 224 g/mol. The first-order valence-corrected chi connectivity index (χ1v) is 7.04. The lowest BCUT2D eigenvalue weighted by molar-refractivity contribution is 0.0851. The molecule has 0 amide bonds. The van der Waals surface area contributed by atoms with Gasteiger partial charge in [0.05, 0.1) is 0 Å². The molecular weight excluding hydrogens is 196 g/mol. The van der Waals surface area contributed by atoms with Crippen molar-refractivity contribution in [3.8, 4) is 0 Å². The molecule has 0 bridgehead atoms. The number of nitrogens with zero attached hydrogens (tertiary/aromatic N) is 1. The summed E-state index contributed by atoms with van der Waals surface area (Å²) >= 11 is 0. The number of fused-ring (bicyclic) bond motifs is 1. The van der Waals surface area contributed by atoms with Gasteiger partial charge in [-0.1, -0.05) is 27.7 Å². The van der Waals surface area contributed by atoms with Gasteiger partial charge in [-0.15, -0.1) is 0 Å². The van der Waals surface area contributed by atoms with E-state index in [1.54, 1.807) is 0 Å². The van der Waals surface area contributed by atoms with Crippen LogP contribution in [0.25, 0.3) is 0 Å². The highest BCUT2D eigenvalue weighted by Crippen LogP contribution is 2.47. The second-order valence-corrected chi connectivity index (χ2v) is 6.21. The van der Waals surface area contributed by atoms with Gasteiger partial charge in [0.1, 0.15) is 0 Å². The van der Waals surface area contributed by atoms with E-state index >= 15 is 0 Å². The van der Waals surface area contributed by atoms with Crippen molar-refractivity contribution in [3.05, 3.63) is 0 Å². The molecule has 16 heavy (non-hydrogen) atoms. The number of hydrogen-bond donors (Lipinski definition) is 1. The summed E-state index contributed by atoms with van der Waals surface area (Å²) in [6.45, 7) is 14.6. The zero-order valence-electron chi connectivity index (χ0n) is 11.4. The van der Waals surface area contributed by atoms with Crippen molar-refractivity contribution >= 4 is 0 Å². The Morgan fingerprint density at radius 1 is 1.44 bits per heavy atom. The molecule has 94 valence electrons. The molecule has 2 heterocycles. The van der Waals surface area contributed by atoms with Crippen molar-refractivity contribution in [3.63, 3.8) is 0 Å². The van der Waals surface area contributed by atoms with Crippen molar-refractivity contribution < 1.29 is 0 Å². The maximum absolute atomic E-state index is 3.65. The van der Waals surface area contributed by atoms with E-state index < -0.39 is 0 Å². The molecule has 2 fully saturated rings. The van der Waals surface area contributed by atoms with Crippen molar-refractivity contribution in [1.82, 2.24) is 10.2 Å².